The molecule has 0 bridgehead atoms. The molecule has 0 saturated heterocycles. The molecule has 2 rings (SSSR count). The topological polar surface area (TPSA) is 68.0 Å². The van der Waals surface area contributed by atoms with Crippen LogP contribution >= 0.6 is 22.9 Å². The molecule has 0 spiro atoms. The van der Waals surface area contributed by atoms with E-state index < -0.39 is 0 Å². The van der Waals surface area contributed by atoms with Crippen LogP contribution in [0.1, 0.15) is 16.5 Å². The smallest absolute Gasteiger partial charge is 0.227 e. The summed E-state index contributed by atoms with van der Waals surface area (Å²) in [5, 5.41) is 8.88. The molecule has 1 N–H and O–H groups in total. The van der Waals surface area contributed by atoms with Crippen LogP contribution in [0.15, 0.2) is 22.2 Å². The highest BCUT2D eigenvalue weighted by atomic mass is 35.5. The maximum atomic E-state index is 11.6. The number of hydrogen-bond acceptors (Lipinski definition) is 5. The molecule has 0 aliphatic carbocycles. The van der Waals surface area contributed by atoms with Gasteiger partial charge in [-0.15, -0.1) is 22.9 Å². The molecular weight excluding hydrogens is 262 g/mol. The van der Waals surface area contributed by atoms with Crippen LogP contribution in [0.3, 0.4) is 0 Å². The van der Waals surface area contributed by atoms with Gasteiger partial charge < -0.3 is 9.84 Å². The zero-order chi connectivity index (χ0) is 12.1. The highest BCUT2D eigenvalue weighted by Crippen LogP contribution is 2.12. The number of alkyl halides is 1. The minimum atomic E-state index is -0.100. The number of nitrogens with one attached hydrogen (secondary N) is 1. The molecular formula is C10H10ClN3O2S. The first-order valence-corrected chi connectivity index (χ1v) is 6.35. The van der Waals surface area contributed by atoms with Gasteiger partial charge >= 0.3 is 0 Å². The maximum absolute atomic E-state index is 11.6. The number of halogens is 1. The van der Waals surface area contributed by atoms with E-state index >= 15 is 0 Å². The second kappa shape index (κ2) is 5.79. The summed E-state index contributed by atoms with van der Waals surface area (Å²) in [7, 11) is 0. The van der Waals surface area contributed by atoms with Crippen molar-refractivity contribution in [1.82, 2.24) is 15.5 Å². The Balaban J connectivity index is 1.81. The molecule has 90 valence electrons. The molecule has 0 unspecified atom stereocenters. The number of rotatable bonds is 5. The number of aromatic nitrogens is 2. The average Bonchev–Trinajstić information content (AvgIpc) is 2.97. The second-order valence-electron chi connectivity index (χ2n) is 3.30. The fourth-order valence-electron chi connectivity index (χ4n) is 1.21. The third-order valence-corrected chi connectivity index (χ3v) is 3.17. The van der Waals surface area contributed by atoms with Crippen LogP contribution in [0.4, 0.5) is 0 Å². The highest BCUT2D eigenvalue weighted by Gasteiger charge is 2.08. The Hall–Kier alpha value is -1.40. The molecule has 17 heavy (non-hydrogen) atoms. The Morgan fingerprint density at radius 2 is 2.47 bits per heavy atom. The average molecular weight is 272 g/mol. The van der Waals surface area contributed by atoms with E-state index in [0.29, 0.717) is 18.2 Å². The lowest BCUT2D eigenvalue weighted by Crippen LogP contribution is -2.24. The predicted molar refractivity (Wildman–Crippen MR) is 63.7 cm³/mol. The zero-order valence-corrected chi connectivity index (χ0v) is 10.4. The van der Waals surface area contributed by atoms with Gasteiger partial charge in [0.1, 0.15) is 5.01 Å². The van der Waals surface area contributed by atoms with Gasteiger partial charge in [0.15, 0.2) is 5.76 Å². The van der Waals surface area contributed by atoms with E-state index in [9.17, 15) is 4.79 Å². The first-order valence-electron chi connectivity index (χ1n) is 4.93. The lowest BCUT2D eigenvalue weighted by Gasteiger charge is -2.00. The summed E-state index contributed by atoms with van der Waals surface area (Å²) in [5.41, 5.74) is 0.801. The van der Waals surface area contributed by atoms with Crippen molar-refractivity contribution in [2.24, 2.45) is 0 Å². The fraction of sp³-hybridized carbons (Fsp3) is 0.300. The Morgan fingerprint density at radius 1 is 1.59 bits per heavy atom. The number of thiazole rings is 1. The van der Waals surface area contributed by atoms with E-state index in [-0.39, 0.29) is 12.3 Å². The third kappa shape index (κ3) is 3.54. The summed E-state index contributed by atoms with van der Waals surface area (Å²) in [6, 6.07) is 1.70. The molecule has 0 fully saturated rings. The maximum Gasteiger partial charge on any atom is 0.227 e. The van der Waals surface area contributed by atoms with E-state index in [4.69, 9.17) is 16.1 Å². The van der Waals surface area contributed by atoms with Crippen molar-refractivity contribution in [3.63, 3.8) is 0 Å². The van der Waals surface area contributed by atoms with Crippen LogP contribution in [0, 0.1) is 0 Å². The van der Waals surface area contributed by atoms with Crippen LogP contribution in [0.2, 0.25) is 0 Å². The summed E-state index contributed by atoms with van der Waals surface area (Å²) >= 11 is 7.06. The van der Waals surface area contributed by atoms with Crippen molar-refractivity contribution in [1.29, 1.82) is 0 Å². The van der Waals surface area contributed by atoms with E-state index in [2.05, 4.69) is 15.5 Å². The van der Waals surface area contributed by atoms with E-state index in [1.54, 1.807) is 6.07 Å². The summed E-state index contributed by atoms with van der Waals surface area (Å²) in [6.45, 7) is 0.340. The largest absolute Gasteiger partial charge is 0.360 e. The first kappa shape index (κ1) is 12.1. The predicted octanol–water partition coefficient (Wildman–Crippen LogP) is 1.73. The fourth-order valence-corrected chi connectivity index (χ4v) is 2.23. The minimum Gasteiger partial charge on any atom is -0.360 e. The van der Waals surface area contributed by atoms with Gasteiger partial charge in [-0.3, -0.25) is 4.79 Å². The standard InChI is InChI=1S/C10H10ClN3O2S/c11-4-7-6-17-10(14-7)3-9(15)12-5-8-1-2-13-16-8/h1-2,6H,3-5H2,(H,12,15). The van der Waals surface area contributed by atoms with Crippen LogP contribution in [0.25, 0.3) is 0 Å². The lowest BCUT2D eigenvalue weighted by atomic mass is 10.4. The molecule has 1 amide bonds. The summed E-state index contributed by atoms with van der Waals surface area (Å²) in [6.07, 6.45) is 1.80. The number of carbonyl (C=O) groups is 1. The second-order valence-corrected chi connectivity index (χ2v) is 4.51. The van der Waals surface area contributed by atoms with Gasteiger partial charge in [0.05, 0.1) is 30.7 Å². The van der Waals surface area contributed by atoms with Gasteiger partial charge in [-0.1, -0.05) is 5.16 Å². The van der Waals surface area contributed by atoms with Crippen LogP contribution in [0.5, 0.6) is 0 Å². The van der Waals surface area contributed by atoms with Gasteiger partial charge in [-0.2, -0.15) is 0 Å². The first-order chi connectivity index (χ1) is 8.28. The van der Waals surface area contributed by atoms with Gasteiger partial charge in [0.25, 0.3) is 0 Å². The van der Waals surface area contributed by atoms with Crippen molar-refractivity contribution < 1.29 is 9.32 Å². The Morgan fingerprint density at radius 3 is 3.12 bits per heavy atom. The van der Waals surface area contributed by atoms with E-state index in [1.807, 2.05) is 5.38 Å². The molecule has 2 heterocycles. The van der Waals surface area contributed by atoms with Crippen LogP contribution in [-0.4, -0.2) is 16.0 Å². The Bertz CT molecular complexity index is 483. The van der Waals surface area contributed by atoms with Crippen molar-refractivity contribution in [2.45, 2.75) is 18.8 Å². The minimum absolute atomic E-state index is 0.100. The molecule has 0 radical (unpaired) electrons. The monoisotopic (exact) mass is 271 g/mol. The van der Waals surface area contributed by atoms with Crippen LogP contribution in [-0.2, 0) is 23.6 Å². The van der Waals surface area contributed by atoms with Gasteiger partial charge in [-0.05, 0) is 0 Å². The number of hydrogen-bond donors (Lipinski definition) is 1. The molecule has 5 nitrogen and oxygen atoms in total. The molecule has 0 aliphatic heterocycles. The van der Waals surface area contributed by atoms with Crippen molar-refractivity contribution in [2.75, 3.05) is 0 Å². The van der Waals surface area contributed by atoms with Crippen molar-refractivity contribution >= 4 is 28.8 Å². The van der Waals surface area contributed by atoms with Gasteiger partial charge in [0.2, 0.25) is 5.91 Å². The molecule has 2 aromatic heterocycles. The van der Waals surface area contributed by atoms with E-state index in [0.717, 1.165) is 10.7 Å². The zero-order valence-electron chi connectivity index (χ0n) is 8.85. The molecule has 0 saturated carbocycles. The lowest BCUT2D eigenvalue weighted by molar-refractivity contribution is -0.120. The summed E-state index contributed by atoms with van der Waals surface area (Å²) in [4.78, 5) is 15.8. The molecule has 0 aliphatic rings. The number of nitrogens with zero attached hydrogens (tertiary/aromatic N) is 2. The van der Waals surface area contributed by atoms with Gasteiger partial charge in [0, 0.05) is 11.4 Å². The Kier molecular flexibility index (Phi) is 4.11. The van der Waals surface area contributed by atoms with Crippen LogP contribution < -0.4 is 5.32 Å². The highest BCUT2D eigenvalue weighted by molar-refractivity contribution is 7.09. The molecule has 7 heteroatoms. The number of amides is 1. The summed E-state index contributed by atoms with van der Waals surface area (Å²) < 4.78 is 4.86. The molecule has 2 aromatic rings. The van der Waals surface area contributed by atoms with Crippen molar-refractivity contribution in [3.8, 4) is 0 Å². The number of carbonyl (C=O) groups excluding carboxylic acids is 1. The Labute approximate surface area is 107 Å². The SMILES string of the molecule is O=C(Cc1nc(CCl)cs1)NCc1ccno1. The normalized spacial score (nSPS) is 10.4. The molecule has 0 aromatic carbocycles. The third-order valence-electron chi connectivity index (χ3n) is 2.00. The quantitative estimate of drug-likeness (QED) is 0.841. The summed E-state index contributed by atoms with van der Waals surface area (Å²) in [5.74, 6) is 0.895. The van der Waals surface area contributed by atoms with Gasteiger partial charge in [-0.25, -0.2) is 4.98 Å². The van der Waals surface area contributed by atoms with E-state index in [1.165, 1.54) is 17.5 Å². The van der Waals surface area contributed by atoms with Crippen molar-refractivity contribution in [3.05, 3.63) is 34.1 Å². The molecule has 0 atom stereocenters.